The van der Waals surface area contributed by atoms with Crippen LogP contribution in [0.5, 0.6) is 5.75 Å². The lowest BCUT2D eigenvalue weighted by Gasteiger charge is -2.34. The minimum Gasteiger partial charge on any atom is -0.497 e. The van der Waals surface area contributed by atoms with E-state index in [-0.39, 0.29) is 11.9 Å². The van der Waals surface area contributed by atoms with Crippen molar-refractivity contribution in [3.05, 3.63) is 102 Å². The van der Waals surface area contributed by atoms with E-state index in [0.29, 0.717) is 31.7 Å². The third-order valence-corrected chi connectivity index (χ3v) is 7.30. The second kappa shape index (κ2) is 11.5. The van der Waals surface area contributed by atoms with Gasteiger partial charge >= 0.3 is 6.03 Å². The molecule has 5 rings (SSSR count). The number of nitrogens with zero attached hydrogens (tertiary/aromatic N) is 3. The Hall–Kier alpha value is -4.52. The van der Waals surface area contributed by atoms with Crippen molar-refractivity contribution >= 4 is 17.6 Å². The van der Waals surface area contributed by atoms with Crippen molar-refractivity contribution in [2.24, 2.45) is 0 Å². The molecule has 1 saturated heterocycles. The topological polar surface area (TPSA) is 66.8 Å². The summed E-state index contributed by atoms with van der Waals surface area (Å²) in [7, 11) is 1.65. The van der Waals surface area contributed by atoms with Gasteiger partial charge in [-0.3, -0.25) is 4.79 Å². The van der Waals surface area contributed by atoms with E-state index in [1.807, 2.05) is 96.8 Å². The summed E-state index contributed by atoms with van der Waals surface area (Å²) in [6.07, 6.45) is 0.912. The van der Waals surface area contributed by atoms with E-state index in [1.54, 1.807) is 12.0 Å². The zero-order valence-corrected chi connectivity index (χ0v) is 22.7. The molecule has 4 aromatic rings. The van der Waals surface area contributed by atoms with Crippen molar-refractivity contribution in [3.8, 4) is 22.7 Å². The van der Waals surface area contributed by atoms with Gasteiger partial charge in [0.05, 0.1) is 18.4 Å². The number of aromatic nitrogens is 1. The summed E-state index contributed by atoms with van der Waals surface area (Å²) in [5.74, 6) is 0.727. The Labute approximate surface area is 229 Å². The number of benzene rings is 3. The monoisotopic (exact) mass is 522 g/mol. The van der Waals surface area contributed by atoms with Gasteiger partial charge in [-0.2, -0.15) is 0 Å². The second-order valence-corrected chi connectivity index (χ2v) is 9.69. The number of amides is 3. The molecule has 0 unspecified atom stereocenters. The standard InChI is InChI=1S/C32H34N4O3/c1-4-24-10-8-13-26(20-24)33-32(38)35-18-16-34(17-19-35)31(37)29-22-30(25-11-6-5-7-12-25)36(23(29)2)27-14-9-15-28(21-27)39-3/h5-15,20-22H,4,16-19H2,1-3H3,(H,33,38). The molecule has 1 N–H and O–H groups in total. The van der Waals surface area contributed by atoms with Crippen molar-refractivity contribution in [1.29, 1.82) is 0 Å². The van der Waals surface area contributed by atoms with Gasteiger partial charge < -0.3 is 24.4 Å². The Bertz CT molecular complexity index is 1470. The molecule has 200 valence electrons. The number of aryl methyl sites for hydroxylation is 1. The van der Waals surface area contributed by atoms with Gasteiger partial charge in [0.1, 0.15) is 5.75 Å². The fraction of sp³-hybridized carbons (Fsp3) is 0.250. The van der Waals surface area contributed by atoms with E-state index in [9.17, 15) is 9.59 Å². The first-order valence-electron chi connectivity index (χ1n) is 13.3. The van der Waals surface area contributed by atoms with Crippen LogP contribution in [-0.2, 0) is 6.42 Å². The fourth-order valence-electron chi connectivity index (χ4n) is 5.08. The number of hydrogen-bond donors (Lipinski definition) is 1. The zero-order chi connectivity index (χ0) is 27.4. The van der Waals surface area contributed by atoms with Crippen LogP contribution in [0.15, 0.2) is 84.9 Å². The molecule has 0 saturated carbocycles. The largest absolute Gasteiger partial charge is 0.497 e. The van der Waals surface area contributed by atoms with Gasteiger partial charge in [0, 0.05) is 49.3 Å². The van der Waals surface area contributed by atoms with E-state index >= 15 is 0 Å². The number of methoxy groups -OCH3 is 1. The van der Waals surface area contributed by atoms with Crippen molar-refractivity contribution in [3.63, 3.8) is 0 Å². The molecule has 3 aromatic carbocycles. The van der Waals surface area contributed by atoms with E-state index in [0.717, 1.165) is 40.5 Å². The average molecular weight is 523 g/mol. The summed E-state index contributed by atoms with van der Waals surface area (Å²) in [5, 5.41) is 3.00. The van der Waals surface area contributed by atoms with Gasteiger partial charge in [0.2, 0.25) is 0 Å². The first-order valence-corrected chi connectivity index (χ1v) is 13.3. The van der Waals surface area contributed by atoms with Gasteiger partial charge in [-0.05, 0) is 54.8 Å². The van der Waals surface area contributed by atoms with E-state index < -0.39 is 0 Å². The lowest BCUT2D eigenvalue weighted by atomic mass is 10.1. The van der Waals surface area contributed by atoms with Crippen molar-refractivity contribution in [2.45, 2.75) is 20.3 Å². The summed E-state index contributed by atoms with van der Waals surface area (Å²) < 4.78 is 7.57. The molecule has 3 amide bonds. The number of carbonyl (C=O) groups excluding carboxylic acids is 2. The van der Waals surface area contributed by atoms with Gasteiger partial charge in [-0.15, -0.1) is 0 Å². The molecule has 39 heavy (non-hydrogen) atoms. The van der Waals surface area contributed by atoms with Gasteiger partial charge in [0.25, 0.3) is 5.91 Å². The van der Waals surface area contributed by atoms with Crippen molar-refractivity contribution in [2.75, 3.05) is 38.6 Å². The Morgan fingerprint density at radius 1 is 0.846 bits per heavy atom. The van der Waals surface area contributed by atoms with Gasteiger partial charge in [0.15, 0.2) is 0 Å². The number of carbonyl (C=O) groups is 2. The molecule has 1 aromatic heterocycles. The number of hydrogen-bond acceptors (Lipinski definition) is 3. The smallest absolute Gasteiger partial charge is 0.321 e. The minimum absolute atomic E-state index is 0.0259. The van der Waals surface area contributed by atoms with Crippen LogP contribution < -0.4 is 10.1 Å². The fourth-order valence-corrected chi connectivity index (χ4v) is 5.08. The van der Waals surface area contributed by atoms with Crippen LogP contribution >= 0.6 is 0 Å². The van der Waals surface area contributed by atoms with Crippen LogP contribution in [0.3, 0.4) is 0 Å². The number of nitrogens with one attached hydrogen (secondary N) is 1. The highest BCUT2D eigenvalue weighted by Gasteiger charge is 2.28. The molecule has 0 spiro atoms. The molecule has 7 heteroatoms. The second-order valence-electron chi connectivity index (χ2n) is 9.69. The van der Waals surface area contributed by atoms with Crippen molar-refractivity contribution < 1.29 is 14.3 Å². The summed E-state index contributed by atoms with van der Waals surface area (Å²) in [6, 6.07) is 27.7. The molecular formula is C32H34N4O3. The quantitative estimate of drug-likeness (QED) is 0.337. The van der Waals surface area contributed by atoms with Crippen LogP contribution in [0.1, 0.15) is 28.5 Å². The molecule has 0 atom stereocenters. The summed E-state index contributed by atoms with van der Waals surface area (Å²) in [5.41, 5.74) is 6.38. The number of urea groups is 1. The summed E-state index contributed by atoms with van der Waals surface area (Å²) >= 11 is 0. The van der Waals surface area contributed by atoms with E-state index in [4.69, 9.17) is 4.74 Å². The van der Waals surface area contributed by atoms with Gasteiger partial charge in [-0.25, -0.2) is 4.79 Å². The molecule has 7 nitrogen and oxygen atoms in total. The minimum atomic E-state index is -0.137. The molecule has 2 heterocycles. The van der Waals surface area contributed by atoms with Crippen LogP contribution in [0.25, 0.3) is 16.9 Å². The number of anilines is 1. The lowest BCUT2D eigenvalue weighted by Crippen LogP contribution is -2.51. The third-order valence-electron chi connectivity index (χ3n) is 7.30. The van der Waals surface area contributed by atoms with E-state index in [2.05, 4.69) is 16.8 Å². The first kappa shape index (κ1) is 26.1. The van der Waals surface area contributed by atoms with Crippen LogP contribution in [-0.4, -0.2) is 59.6 Å². The Balaban J connectivity index is 1.35. The van der Waals surface area contributed by atoms with E-state index in [1.165, 1.54) is 5.56 Å². The summed E-state index contributed by atoms with van der Waals surface area (Å²) in [6.45, 7) is 5.98. The highest BCUT2D eigenvalue weighted by molar-refractivity contribution is 5.97. The SMILES string of the molecule is CCc1cccc(NC(=O)N2CCN(C(=O)c3cc(-c4ccccc4)n(-c4cccc(OC)c4)c3C)CC2)c1. The summed E-state index contributed by atoms with van der Waals surface area (Å²) in [4.78, 5) is 30.3. The normalized spacial score (nSPS) is 13.3. The Morgan fingerprint density at radius 3 is 2.28 bits per heavy atom. The third kappa shape index (κ3) is 5.53. The highest BCUT2D eigenvalue weighted by Crippen LogP contribution is 2.31. The first-order chi connectivity index (χ1) is 19.0. The Kier molecular flexibility index (Phi) is 7.68. The Morgan fingerprint density at radius 2 is 1.56 bits per heavy atom. The lowest BCUT2D eigenvalue weighted by molar-refractivity contribution is 0.0671. The van der Waals surface area contributed by atoms with Crippen LogP contribution in [0, 0.1) is 6.92 Å². The maximum atomic E-state index is 13.8. The molecular weight excluding hydrogens is 488 g/mol. The average Bonchev–Trinajstić information content (AvgIpc) is 3.34. The number of piperazine rings is 1. The highest BCUT2D eigenvalue weighted by atomic mass is 16.5. The van der Waals surface area contributed by atoms with Crippen LogP contribution in [0.2, 0.25) is 0 Å². The molecule has 0 aliphatic carbocycles. The van der Waals surface area contributed by atoms with Crippen molar-refractivity contribution in [1.82, 2.24) is 14.4 Å². The maximum Gasteiger partial charge on any atom is 0.321 e. The molecule has 0 radical (unpaired) electrons. The predicted octanol–water partition coefficient (Wildman–Crippen LogP) is 6.01. The molecule has 1 aliphatic rings. The zero-order valence-electron chi connectivity index (χ0n) is 22.7. The van der Waals surface area contributed by atoms with Gasteiger partial charge in [-0.1, -0.05) is 55.5 Å². The number of rotatable bonds is 6. The molecule has 1 fully saturated rings. The maximum absolute atomic E-state index is 13.8. The van der Waals surface area contributed by atoms with Crippen LogP contribution in [0.4, 0.5) is 10.5 Å². The molecule has 1 aliphatic heterocycles. The molecule has 0 bridgehead atoms. The number of ether oxygens (including phenoxy) is 1. The predicted molar refractivity (Wildman–Crippen MR) is 155 cm³/mol.